The van der Waals surface area contributed by atoms with Gasteiger partial charge in [-0.25, -0.2) is 8.42 Å². The monoisotopic (exact) mass is 481 g/mol. The van der Waals surface area contributed by atoms with Crippen LogP contribution in [0.25, 0.3) is 0 Å². The van der Waals surface area contributed by atoms with Crippen LogP contribution in [0.4, 0.5) is 5.69 Å². The smallest absolute Gasteiger partial charge is 0.244 e. The zero-order valence-corrected chi connectivity index (χ0v) is 18.9. The van der Waals surface area contributed by atoms with Crippen LogP contribution in [0.1, 0.15) is 12.5 Å². The van der Waals surface area contributed by atoms with Crippen molar-refractivity contribution in [1.82, 2.24) is 10.2 Å². The maximum absolute atomic E-state index is 13.1. The van der Waals surface area contributed by atoms with E-state index in [-0.39, 0.29) is 12.5 Å². The molecule has 1 N–H and O–H groups in total. The van der Waals surface area contributed by atoms with E-state index in [2.05, 4.69) is 21.2 Å². The van der Waals surface area contributed by atoms with Crippen LogP contribution in [0, 0.1) is 0 Å². The van der Waals surface area contributed by atoms with Gasteiger partial charge in [-0.15, -0.1) is 0 Å². The lowest BCUT2D eigenvalue weighted by Crippen LogP contribution is -2.50. The number of hydrogen-bond acceptors (Lipinski definition) is 4. The van der Waals surface area contributed by atoms with Gasteiger partial charge in [-0.3, -0.25) is 13.9 Å². The van der Waals surface area contributed by atoms with Crippen LogP contribution < -0.4 is 9.62 Å². The molecule has 2 rings (SSSR count). The van der Waals surface area contributed by atoms with Crippen molar-refractivity contribution in [3.63, 3.8) is 0 Å². The molecule has 0 saturated heterocycles. The second-order valence-corrected chi connectivity index (χ2v) is 9.37. The van der Waals surface area contributed by atoms with E-state index in [0.717, 1.165) is 20.6 Å². The topological polar surface area (TPSA) is 86.8 Å². The second-order valence-electron chi connectivity index (χ2n) is 6.54. The van der Waals surface area contributed by atoms with Gasteiger partial charge in [-0.05, 0) is 36.8 Å². The number of sulfonamides is 1. The molecule has 0 heterocycles. The van der Waals surface area contributed by atoms with Gasteiger partial charge in [0, 0.05) is 18.1 Å². The van der Waals surface area contributed by atoms with Crippen molar-refractivity contribution in [2.75, 3.05) is 24.2 Å². The fraction of sp³-hybridized carbons (Fsp3) is 0.300. The number of amides is 2. The number of nitrogens with zero attached hydrogens (tertiary/aromatic N) is 2. The lowest BCUT2D eigenvalue weighted by molar-refractivity contribution is -0.139. The first-order chi connectivity index (χ1) is 13.6. The van der Waals surface area contributed by atoms with E-state index in [1.165, 1.54) is 11.9 Å². The summed E-state index contributed by atoms with van der Waals surface area (Å²) in [6, 6.07) is 15.0. The van der Waals surface area contributed by atoms with Gasteiger partial charge >= 0.3 is 0 Å². The Morgan fingerprint density at radius 2 is 1.66 bits per heavy atom. The highest BCUT2D eigenvalue weighted by atomic mass is 79.9. The molecule has 0 aliphatic heterocycles. The van der Waals surface area contributed by atoms with Gasteiger partial charge in [0.1, 0.15) is 12.6 Å². The molecular weight excluding hydrogens is 458 g/mol. The summed E-state index contributed by atoms with van der Waals surface area (Å²) in [5, 5.41) is 2.54. The van der Waals surface area contributed by atoms with Gasteiger partial charge in [-0.1, -0.05) is 46.3 Å². The number of nitrogens with one attached hydrogen (secondary N) is 1. The van der Waals surface area contributed by atoms with Gasteiger partial charge < -0.3 is 10.2 Å². The normalized spacial score (nSPS) is 12.1. The Hall–Kier alpha value is -2.39. The van der Waals surface area contributed by atoms with Crippen LogP contribution in [0.5, 0.6) is 0 Å². The quantitative estimate of drug-likeness (QED) is 0.626. The van der Waals surface area contributed by atoms with Crippen molar-refractivity contribution in [2.45, 2.75) is 19.5 Å². The zero-order valence-electron chi connectivity index (χ0n) is 16.5. The number of rotatable bonds is 8. The summed E-state index contributed by atoms with van der Waals surface area (Å²) < 4.78 is 26.6. The van der Waals surface area contributed by atoms with Crippen molar-refractivity contribution >= 4 is 43.5 Å². The molecule has 1 atom stereocenters. The highest BCUT2D eigenvalue weighted by Crippen LogP contribution is 2.19. The van der Waals surface area contributed by atoms with Crippen molar-refractivity contribution in [1.29, 1.82) is 0 Å². The molecule has 0 aliphatic rings. The molecule has 2 amide bonds. The number of carbonyl (C=O) groups is 2. The Morgan fingerprint density at radius 3 is 2.17 bits per heavy atom. The number of benzene rings is 2. The number of hydrogen-bond donors (Lipinski definition) is 1. The first-order valence-electron chi connectivity index (χ1n) is 8.91. The predicted molar refractivity (Wildman–Crippen MR) is 117 cm³/mol. The average molecular weight is 482 g/mol. The molecule has 0 aliphatic carbocycles. The molecule has 0 bridgehead atoms. The van der Waals surface area contributed by atoms with Crippen LogP contribution in [0.15, 0.2) is 59.1 Å². The fourth-order valence-electron chi connectivity index (χ4n) is 2.79. The Bertz CT molecular complexity index is 949. The largest absolute Gasteiger partial charge is 0.357 e. The second kappa shape index (κ2) is 9.89. The lowest BCUT2D eigenvalue weighted by atomic mass is 10.1. The SMILES string of the molecule is CNC(=O)[C@@H](C)N(Cc1ccc(Br)cc1)C(=O)CN(c1ccccc1)S(C)(=O)=O. The standard InChI is InChI=1S/C20H24BrN3O4S/c1-15(20(26)22-2)23(13-16-9-11-17(21)12-10-16)19(25)14-24(29(3,27)28)18-7-5-4-6-8-18/h4-12,15H,13-14H2,1-3H3,(H,22,26)/t15-/m1/s1. The Balaban J connectivity index is 2.34. The molecule has 0 aromatic heterocycles. The number of anilines is 1. The van der Waals surface area contributed by atoms with E-state index < -0.39 is 28.5 Å². The van der Waals surface area contributed by atoms with Gasteiger partial charge in [0.05, 0.1) is 11.9 Å². The summed E-state index contributed by atoms with van der Waals surface area (Å²) in [5.74, 6) is -0.806. The Morgan fingerprint density at radius 1 is 1.07 bits per heavy atom. The van der Waals surface area contributed by atoms with Gasteiger partial charge in [0.15, 0.2) is 0 Å². The van der Waals surface area contributed by atoms with Crippen LogP contribution in [-0.2, 0) is 26.2 Å². The van der Waals surface area contributed by atoms with Crippen molar-refractivity contribution in [2.24, 2.45) is 0 Å². The summed E-state index contributed by atoms with van der Waals surface area (Å²) in [7, 11) is -2.20. The molecular formula is C20H24BrN3O4S. The van der Waals surface area contributed by atoms with Crippen LogP contribution in [0.3, 0.4) is 0 Å². The summed E-state index contributed by atoms with van der Waals surface area (Å²) in [4.78, 5) is 26.7. The van der Waals surface area contributed by atoms with Crippen molar-refractivity contribution in [3.8, 4) is 0 Å². The van der Waals surface area contributed by atoms with Crippen LogP contribution in [0.2, 0.25) is 0 Å². The van der Waals surface area contributed by atoms with Gasteiger partial charge in [0.2, 0.25) is 21.8 Å². The molecule has 0 saturated carbocycles. The third kappa shape index (κ3) is 6.30. The molecule has 0 fully saturated rings. The molecule has 29 heavy (non-hydrogen) atoms. The van der Waals surface area contributed by atoms with Gasteiger partial charge in [-0.2, -0.15) is 0 Å². The molecule has 0 unspecified atom stereocenters. The summed E-state index contributed by atoms with van der Waals surface area (Å²) in [6.45, 7) is 1.39. The van der Waals surface area contributed by atoms with Crippen LogP contribution >= 0.6 is 15.9 Å². The highest BCUT2D eigenvalue weighted by molar-refractivity contribution is 9.10. The first-order valence-corrected chi connectivity index (χ1v) is 11.6. The number of likely N-dealkylation sites (N-methyl/N-ethyl adjacent to an activating group) is 1. The van der Waals surface area contributed by atoms with Crippen molar-refractivity contribution < 1.29 is 18.0 Å². The van der Waals surface area contributed by atoms with E-state index >= 15 is 0 Å². The van der Waals surface area contributed by atoms with E-state index in [1.54, 1.807) is 37.3 Å². The molecule has 2 aromatic carbocycles. The molecule has 156 valence electrons. The zero-order chi connectivity index (χ0) is 21.6. The molecule has 7 nitrogen and oxygen atoms in total. The van der Waals surface area contributed by atoms with E-state index in [4.69, 9.17) is 0 Å². The number of para-hydroxylation sites is 1. The maximum atomic E-state index is 13.1. The highest BCUT2D eigenvalue weighted by Gasteiger charge is 2.29. The van der Waals surface area contributed by atoms with E-state index in [1.807, 2.05) is 24.3 Å². The number of carbonyl (C=O) groups excluding carboxylic acids is 2. The lowest BCUT2D eigenvalue weighted by Gasteiger charge is -2.31. The third-order valence-corrected chi connectivity index (χ3v) is 6.07. The first kappa shape index (κ1) is 22.9. The Labute approximate surface area is 179 Å². The molecule has 0 radical (unpaired) electrons. The average Bonchev–Trinajstić information content (AvgIpc) is 2.70. The summed E-state index contributed by atoms with van der Waals surface area (Å²) >= 11 is 3.37. The summed E-state index contributed by atoms with van der Waals surface area (Å²) in [5.41, 5.74) is 1.21. The van der Waals surface area contributed by atoms with Gasteiger partial charge in [0.25, 0.3) is 0 Å². The molecule has 9 heteroatoms. The Kier molecular flexibility index (Phi) is 7.80. The number of halogens is 1. The van der Waals surface area contributed by atoms with E-state index in [0.29, 0.717) is 5.69 Å². The minimum Gasteiger partial charge on any atom is -0.357 e. The third-order valence-electron chi connectivity index (χ3n) is 4.40. The van der Waals surface area contributed by atoms with E-state index in [9.17, 15) is 18.0 Å². The molecule has 0 spiro atoms. The summed E-state index contributed by atoms with van der Waals surface area (Å²) in [6.07, 6.45) is 1.05. The minimum atomic E-state index is -3.70. The molecule has 2 aromatic rings. The van der Waals surface area contributed by atoms with Crippen LogP contribution in [-0.4, -0.2) is 51.0 Å². The minimum absolute atomic E-state index is 0.174. The maximum Gasteiger partial charge on any atom is 0.244 e. The predicted octanol–water partition coefficient (Wildman–Crippen LogP) is 2.38. The van der Waals surface area contributed by atoms with Crippen molar-refractivity contribution in [3.05, 3.63) is 64.6 Å². The fourth-order valence-corrected chi connectivity index (χ4v) is 3.90.